The van der Waals surface area contributed by atoms with E-state index in [1.54, 1.807) is 16.8 Å². The zero-order valence-electron chi connectivity index (χ0n) is 16.1. The van der Waals surface area contributed by atoms with Crippen LogP contribution >= 0.6 is 23.2 Å². The Morgan fingerprint density at radius 2 is 2.00 bits per heavy atom. The highest BCUT2D eigenvalue weighted by Gasteiger charge is 2.41. The molecule has 0 radical (unpaired) electrons. The third-order valence-corrected chi connectivity index (χ3v) is 6.22. The van der Waals surface area contributed by atoms with E-state index in [4.69, 9.17) is 27.9 Å². The number of fused-ring (bicyclic) bond motifs is 1. The van der Waals surface area contributed by atoms with Gasteiger partial charge in [-0.1, -0.05) is 29.3 Å². The fourth-order valence-electron chi connectivity index (χ4n) is 3.90. The van der Waals surface area contributed by atoms with E-state index in [0.29, 0.717) is 24.1 Å². The van der Waals surface area contributed by atoms with Crippen molar-refractivity contribution in [2.75, 3.05) is 18.5 Å². The summed E-state index contributed by atoms with van der Waals surface area (Å²) in [6.45, 7) is 4.63. The van der Waals surface area contributed by atoms with Gasteiger partial charge in [-0.3, -0.25) is 4.79 Å². The topological polar surface area (TPSA) is 43.3 Å². The van der Waals surface area contributed by atoms with Crippen molar-refractivity contribution in [3.05, 3.63) is 74.4 Å². The monoisotopic (exact) mass is 434 g/mol. The van der Waals surface area contributed by atoms with Crippen molar-refractivity contribution in [3.8, 4) is 0 Å². The number of ether oxygens (including phenoxy) is 1. The molecule has 0 amide bonds. The number of nitrogens with one attached hydrogen (secondary N) is 1. The van der Waals surface area contributed by atoms with Crippen molar-refractivity contribution in [2.45, 2.75) is 31.8 Å². The van der Waals surface area contributed by atoms with Crippen LogP contribution in [0.5, 0.6) is 0 Å². The molecule has 1 aliphatic rings. The number of benzene rings is 2. The molecule has 1 atom stereocenters. The van der Waals surface area contributed by atoms with Gasteiger partial charge in [-0.25, -0.2) is 4.39 Å². The highest BCUT2D eigenvalue weighted by molar-refractivity contribution is 6.42. The minimum atomic E-state index is -0.869. The summed E-state index contributed by atoms with van der Waals surface area (Å²) in [4.78, 5) is 12.9. The van der Waals surface area contributed by atoms with E-state index in [1.165, 1.54) is 12.1 Å². The van der Waals surface area contributed by atoms with Gasteiger partial charge in [0, 0.05) is 41.9 Å². The first-order chi connectivity index (χ1) is 13.8. The fourth-order valence-corrected chi connectivity index (χ4v) is 4.40. The molecular weight excluding hydrogens is 414 g/mol. The fraction of sp³-hybridized carbons (Fsp3) is 0.318. The van der Waals surface area contributed by atoms with Crippen molar-refractivity contribution < 1.29 is 9.13 Å². The van der Waals surface area contributed by atoms with Crippen molar-refractivity contribution in [3.63, 3.8) is 0 Å². The molecule has 4 rings (SSSR count). The second-order valence-electron chi connectivity index (χ2n) is 7.65. The number of aromatic nitrogens is 1. The van der Waals surface area contributed by atoms with E-state index in [9.17, 15) is 9.18 Å². The van der Waals surface area contributed by atoms with Crippen LogP contribution in [0.1, 0.15) is 31.9 Å². The van der Waals surface area contributed by atoms with E-state index in [-0.39, 0.29) is 33.8 Å². The van der Waals surface area contributed by atoms with Crippen molar-refractivity contribution >= 4 is 39.7 Å². The number of halogens is 3. The molecule has 29 heavy (non-hydrogen) atoms. The molecule has 1 fully saturated rings. The Morgan fingerprint density at radius 1 is 1.21 bits per heavy atom. The molecule has 0 aliphatic carbocycles. The molecule has 0 spiro atoms. The number of hydrogen-bond donors (Lipinski definition) is 1. The lowest BCUT2D eigenvalue weighted by Gasteiger charge is -2.32. The number of nitrogens with zero attached hydrogens (tertiary/aromatic N) is 1. The second-order valence-corrected chi connectivity index (χ2v) is 8.44. The molecule has 0 saturated carbocycles. The van der Waals surface area contributed by atoms with Crippen LogP contribution in [0, 0.1) is 5.82 Å². The summed E-state index contributed by atoms with van der Waals surface area (Å²) in [6, 6.07) is 10.3. The third kappa shape index (κ3) is 3.52. The van der Waals surface area contributed by atoms with E-state index < -0.39 is 11.4 Å². The maximum atomic E-state index is 14.8. The van der Waals surface area contributed by atoms with Gasteiger partial charge in [-0.15, -0.1) is 0 Å². The van der Waals surface area contributed by atoms with E-state index in [0.717, 1.165) is 5.39 Å². The van der Waals surface area contributed by atoms with Crippen molar-refractivity contribution in [1.29, 1.82) is 0 Å². The van der Waals surface area contributed by atoms with Gasteiger partial charge in [-0.2, -0.15) is 0 Å². The van der Waals surface area contributed by atoms with Crippen LogP contribution in [-0.4, -0.2) is 17.8 Å². The Bertz CT molecular complexity index is 1140. The molecular formula is C22H21Cl2FN2O2. The molecule has 152 valence electrons. The third-order valence-electron chi connectivity index (χ3n) is 5.42. The molecule has 1 N–H and O–H groups in total. The molecule has 1 unspecified atom stereocenters. The number of anilines is 1. The van der Waals surface area contributed by atoms with Crippen LogP contribution in [0.3, 0.4) is 0 Å². The van der Waals surface area contributed by atoms with Gasteiger partial charge in [0.25, 0.3) is 5.56 Å². The van der Waals surface area contributed by atoms with Gasteiger partial charge < -0.3 is 14.6 Å². The average Bonchev–Trinajstić information content (AvgIpc) is 3.14. The Labute approximate surface area is 178 Å². The standard InChI is InChI=1S/C22H21Cl2FN2O2/c1-13(2)27-9-7-14-3-4-15(11-16(14)21(27)28)26-22(8-10-29-12-22)19-18(25)6-5-17(23)20(19)24/h3-7,9,11,13,26H,8,10,12H2,1-2H3. The predicted molar refractivity (Wildman–Crippen MR) is 116 cm³/mol. The summed E-state index contributed by atoms with van der Waals surface area (Å²) in [6.07, 6.45) is 2.32. The summed E-state index contributed by atoms with van der Waals surface area (Å²) in [5.41, 5.74) is 0.0461. The van der Waals surface area contributed by atoms with Gasteiger partial charge >= 0.3 is 0 Å². The summed E-state index contributed by atoms with van der Waals surface area (Å²) in [7, 11) is 0. The Kier molecular flexibility index (Phi) is 5.32. The molecule has 7 heteroatoms. The van der Waals surface area contributed by atoms with Crippen LogP contribution in [0.25, 0.3) is 10.8 Å². The normalized spacial score (nSPS) is 19.2. The molecule has 1 aliphatic heterocycles. The SMILES string of the molecule is CC(C)n1ccc2ccc(NC3(c4c(F)ccc(Cl)c4Cl)CCOC3)cc2c1=O. The van der Waals surface area contributed by atoms with Gasteiger partial charge in [0.2, 0.25) is 0 Å². The molecule has 1 aromatic heterocycles. The van der Waals surface area contributed by atoms with Crippen molar-refractivity contribution in [1.82, 2.24) is 4.57 Å². The Balaban J connectivity index is 1.83. The van der Waals surface area contributed by atoms with Gasteiger partial charge in [-0.05, 0) is 49.6 Å². The van der Waals surface area contributed by atoms with E-state index in [1.807, 2.05) is 32.0 Å². The lowest BCUT2D eigenvalue weighted by atomic mass is 9.88. The molecule has 3 aromatic rings. The highest BCUT2D eigenvalue weighted by Crippen LogP contribution is 2.42. The molecule has 2 heterocycles. The molecule has 2 aromatic carbocycles. The average molecular weight is 435 g/mol. The maximum Gasteiger partial charge on any atom is 0.258 e. The molecule has 4 nitrogen and oxygen atoms in total. The van der Waals surface area contributed by atoms with Crippen LogP contribution in [-0.2, 0) is 10.3 Å². The van der Waals surface area contributed by atoms with Gasteiger partial charge in [0.1, 0.15) is 5.82 Å². The lowest BCUT2D eigenvalue weighted by Crippen LogP contribution is -2.37. The zero-order valence-corrected chi connectivity index (χ0v) is 17.6. The first-order valence-electron chi connectivity index (χ1n) is 9.47. The summed E-state index contributed by atoms with van der Waals surface area (Å²) >= 11 is 12.6. The number of rotatable bonds is 4. The smallest absolute Gasteiger partial charge is 0.258 e. The minimum absolute atomic E-state index is 0.0532. The number of pyridine rings is 1. The van der Waals surface area contributed by atoms with Crippen LogP contribution < -0.4 is 10.9 Å². The van der Waals surface area contributed by atoms with Gasteiger partial charge in [0.15, 0.2) is 0 Å². The first-order valence-corrected chi connectivity index (χ1v) is 10.2. The predicted octanol–water partition coefficient (Wildman–Crippen LogP) is 5.76. The minimum Gasteiger partial charge on any atom is -0.379 e. The van der Waals surface area contributed by atoms with Crippen LogP contribution in [0.2, 0.25) is 10.0 Å². The van der Waals surface area contributed by atoms with Crippen LogP contribution in [0.15, 0.2) is 47.4 Å². The highest BCUT2D eigenvalue weighted by atomic mass is 35.5. The molecule has 0 bridgehead atoms. The second kappa shape index (κ2) is 7.63. The Morgan fingerprint density at radius 3 is 2.69 bits per heavy atom. The summed E-state index contributed by atoms with van der Waals surface area (Å²) in [5, 5.41) is 5.30. The van der Waals surface area contributed by atoms with Crippen LogP contribution in [0.4, 0.5) is 10.1 Å². The van der Waals surface area contributed by atoms with E-state index >= 15 is 0 Å². The van der Waals surface area contributed by atoms with Gasteiger partial charge in [0.05, 0.1) is 22.2 Å². The Hall–Kier alpha value is -2.08. The zero-order chi connectivity index (χ0) is 20.8. The summed E-state index contributed by atoms with van der Waals surface area (Å²) in [5.74, 6) is -0.444. The summed E-state index contributed by atoms with van der Waals surface area (Å²) < 4.78 is 22.1. The quantitative estimate of drug-likeness (QED) is 0.531. The van der Waals surface area contributed by atoms with Crippen molar-refractivity contribution in [2.24, 2.45) is 0 Å². The first kappa shape index (κ1) is 20.2. The van der Waals surface area contributed by atoms with E-state index in [2.05, 4.69) is 5.32 Å². The number of hydrogen-bond acceptors (Lipinski definition) is 3. The maximum absolute atomic E-state index is 14.8. The molecule has 1 saturated heterocycles. The lowest BCUT2D eigenvalue weighted by molar-refractivity contribution is 0.181. The largest absolute Gasteiger partial charge is 0.379 e.